The number of carbonyl (C=O) groups excluding carboxylic acids is 1. The SMILES string of the molecule is CC(Sc1nnc(-c2cccs2)n1CC1CCCO1)C(=O)N1c2ccccc2CC1C. The molecular weight excluding hydrogens is 428 g/mol. The van der Waals surface area contributed by atoms with E-state index in [-0.39, 0.29) is 23.3 Å². The molecule has 3 unspecified atom stereocenters. The molecule has 0 aliphatic carbocycles. The summed E-state index contributed by atoms with van der Waals surface area (Å²) >= 11 is 3.14. The van der Waals surface area contributed by atoms with E-state index in [2.05, 4.69) is 33.8 Å². The molecule has 162 valence electrons. The Hall–Kier alpha value is -2.16. The summed E-state index contributed by atoms with van der Waals surface area (Å²) in [6.45, 7) is 5.61. The van der Waals surface area contributed by atoms with E-state index < -0.39 is 0 Å². The lowest BCUT2D eigenvalue weighted by Gasteiger charge is -2.26. The summed E-state index contributed by atoms with van der Waals surface area (Å²) in [6, 6.07) is 12.4. The Morgan fingerprint density at radius 2 is 2.16 bits per heavy atom. The largest absolute Gasteiger partial charge is 0.376 e. The summed E-state index contributed by atoms with van der Waals surface area (Å²) in [7, 11) is 0. The van der Waals surface area contributed by atoms with Gasteiger partial charge in [0.25, 0.3) is 0 Å². The van der Waals surface area contributed by atoms with Crippen LogP contribution in [0, 0.1) is 0 Å². The highest BCUT2D eigenvalue weighted by Gasteiger charge is 2.34. The maximum absolute atomic E-state index is 13.4. The van der Waals surface area contributed by atoms with Gasteiger partial charge in [-0.3, -0.25) is 9.36 Å². The summed E-state index contributed by atoms with van der Waals surface area (Å²) < 4.78 is 8.02. The second-order valence-corrected chi connectivity index (χ2v) is 10.4. The van der Waals surface area contributed by atoms with Gasteiger partial charge in [0.05, 0.1) is 22.8 Å². The summed E-state index contributed by atoms with van der Waals surface area (Å²) in [5, 5.41) is 11.5. The van der Waals surface area contributed by atoms with Crippen LogP contribution in [0.25, 0.3) is 10.7 Å². The van der Waals surface area contributed by atoms with Crippen molar-refractivity contribution in [2.75, 3.05) is 11.5 Å². The Kier molecular flexibility index (Phi) is 5.86. The molecule has 3 aromatic rings. The van der Waals surface area contributed by atoms with Gasteiger partial charge in [0.1, 0.15) is 0 Å². The van der Waals surface area contributed by atoms with E-state index in [0.717, 1.165) is 47.4 Å². The fourth-order valence-corrected chi connectivity index (χ4v) is 6.05. The minimum atomic E-state index is -0.266. The highest BCUT2D eigenvalue weighted by atomic mass is 32.2. The van der Waals surface area contributed by atoms with Gasteiger partial charge < -0.3 is 9.64 Å². The molecule has 2 aliphatic heterocycles. The van der Waals surface area contributed by atoms with E-state index in [0.29, 0.717) is 6.54 Å². The van der Waals surface area contributed by atoms with E-state index in [9.17, 15) is 4.79 Å². The molecule has 31 heavy (non-hydrogen) atoms. The maximum atomic E-state index is 13.4. The molecule has 5 rings (SSSR count). The third-order valence-electron chi connectivity index (χ3n) is 5.94. The lowest BCUT2D eigenvalue weighted by molar-refractivity contribution is -0.118. The van der Waals surface area contributed by atoms with Crippen LogP contribution in [-0.4, -0.2) is 44.7 Å². The minimum absolute atomic E-state index is 0.117. The number of benzene rings is 1. The van der Waals surface area contributed by atoms with Crippen molar-refractivity contribution in [3.8, 4) is 10.7 Å². The summed E-state index contributed by atoms with van der Waals surface area (Å²) in [6.07, 6.45) is 3.20. The van der Waals surface area contributed by atoms with Gasteiger partial charge in [0.2, 0.25) is 5.91 Å². The third kappa shape index (κ3) is 4.04. The van der Waals surface area contributed by atoms with E-state index in [4.69, 9.17) is 4.74 Å². The average Bonchev–Trinajstić information content (AvgIpc) is 3.55. The predicted octanol–water partition coefficient (Wildman–Crippen LogP) is 4.64. The molecule has 0 radical (unpaired) electrons. The molecule has 0 spiro atoms. The van der Waals surface area contributed by atoms with Gasteiger partial charge in [-0.05, 0) is 56.2 Å². The summed E-state index contributed by atoms with van der Waals surface area (Å²) in [4.78, 5) is 16.5. The first kappa shape index (κ1) is 20.7. The van der Waals surface area contributed by atoms with Crippen LogP contribution in [0.3, 0.4) is 0 Å². The molecule has 1 amide bonds. The number of aromatic nitrogens is 3. The zero-order valence-corrected chi connectivity index (χ0v) is 19.4. The van der Waals surface area contributed by atoms with Crippen LogP contribution in [0.4, 0.5) is 5.69 Å². The number of ether oxygens (including phenoxy) is 1. The predicted molar refractivity (Wildman–Crippen MR) is 125 cm³/mol. The molecule has 2 aliphatic rings. The first-order valence-corrected chi connectivity index (χ1v) is 12.5. The van der Waals surface area contributed by atoms with Crippen molar-refractivity contribution in [3.63, 3.8) is 0 Å². The van der Waals surface area contributed by atoms with Crippen LogP contribution in [0.15, 0.2) is 46.9 Å². The number of hydrogen-bond acceptors (Lipinski definition) is 6. The van der Waals surface area contributed by atoms with Crippen LogP contribution in [-0.2, 0) is 22.5 Å². The Bertz CT molecular complexity index is 1060. The van der Waals surface area contributed by atoms with E-state index >= 15 is 0 Å². The first-order chi connectivity index (χ1) is 15.1. The van der Waals surface area contributed by atoms with Crippen LogP contribution in [0.1, 0.15) is 32.3 Å². The summed E-state index contributed by atoms with van der Waals surface area (Å²) in [5.41, 5.74) is 2.27. The molecule has 0 N–H and O–H groups in total. The fourth-order valence-electron chi connectivity index (χ4n) is 4.43. The van der Waals surface area contributed by atoms with Crippen LogP contribution < -0.4 is 4.90 Å². The molecule has 1 saturated heterocycles. The Morgan fingerprint density at radius 3 is 2.94 bits per heavy atom. The Morgan fingerprint density at radius 1 is 1.29 bits per heavy atom. The minimum Gasteiger partial charge on any atom is -0.376 e. The van der Waals surface area contributed by atoms with Gasteiger partial charge in [0.15, 0.2) is 11.0 Å². The molecular formula is C23H26N4O2S2. The Labute approximate surface area is 190 Å². The average molecular weight is 455 g/mol. The monoisotopic (exact) mass is 454 g/mol. The number of carbonyl (C=O) groups is 1. The summed E-state index contributed by atoms with van der Waals surface area (Å²) in [5.74, 6) is 0.972. The number of anilines is 1. The maximum Gasteiger partial charge on any atom is 0.240 e. The van der Waals surface area contributed by atoms with Gasteiger partial charge in [0, 0.05) is 18.3 Å². The molecule has 0 saturated carbocycles. The number of thiophene rings is 1. The zero-order chi connectivity index (χ0) is 21.4. The van der Waals surface area contributed by atoms with Crippen LogP contribution in [0.2, 0.25) is 0 Å². The molecule has 3 atom stereocenters. The number of hydrogen-bond donors (Lipinski definition) is 0. The highest BCUT2D eigenvalue weighted by Crippen LogP contribution is 2.36. The smallest absolute Gasteiger partial charge is 0.240 e. The van der Waals surface area contributed by atoms with Gasteiger partial charge in [-0.1, -0.05) is 36.0 Å². The van der Waals surface area contributed by atoms with Crippen molar-refractivity contribution in [1.82, 2.24) is 14.8 Å². The molecule has 4 heterocycles. The number of rotatable bonds is 6. The number of amides is 1. The van der Waals surface area contributed by atoms with Crippen molar-refractivity contribution < 1.29 is 9.53 Å². The van der Waals surface area contributed by atoms with E-state index in [1.807, 2.05) is 41.5 Å². The van der Waals surface area contributed by atoms with Crippen LogP contribution >= 0.6 is 23.1 Å². The van der Waals surface area contributed by atoms with E-state index in [1.165, 1.54) is 17.3 Å². The molecule has 1 aromatic carbocycles. The first-order valence-electron chi connectivity index (χ1n) is 10.8. The zero-order valence-electron chi connectivity index (χ0n) is 17.7. The standard InChI is InChI=1S/C23H26N4O2S2/c1-15-13-17-7-3-4-9-19(17)27(15)22(28)16(2)31-23-25-24-21(20-10-6-12-30-20)26(23)14-18-8-5-11-29-18/h3-4,6-7,9-10,12,15-16,18H,5,8,11,13-14H2,1-2H3. The molecule has 2 aromatic heterocycles. The number of fused-ring (bicyclic) bond motifs is 1. The van der Waals surface area contributed by atoms with Gasteiger partial charge in [-0.15, -0.1) is 21.5 Å². The number of thioether (sulfide) groups is 1. The quantitative estimate of drug-likeness (QED) is 0.508. The van der Waals surface area contributed by atoms with Crippen molar-refractivity contribution in [3.05, 3.63) is 47.3 Å². The van der Waals surface area contributed by atoms with Gasteiger partial charge in [-0.2, -0.15) is 0 Å². The second-order valence-electron chi connectivity index (χ2n) is 8.18. The van der Waals surface area contributed by atoms with Crippen molar-refractivity contribution in [2.24, 2.45) is 0 Å². The molecule has 6 nitrogen and oxygen atoms in total. The fraction of sp³-hybridized carbons (Fsp3) is 0.435. The second kappa shape index (κ2) is 8.76. The molecule has 1 fully saturated rings. The molecule has 0 bridgehead atoms. The molecule has 8 heteroatoms. The number of nitrogens with zero attached hydrogens (tertiary/aromatic N) is 4. The van der Waals surface area contributed by atoms with Gasteiger partial charge in [-0.25, -0.2) is 0 Å². The van der Waals surface area contributed by atoms with Gasteiger partial charge >= 0.3 is 0 Å². The lowest BCUT2D eigenvalue weighted by Crippen LogP contribution is -2.40. The van der Waals surface area contributed by atoms with Crippen LogP contribution in [0.5, 0.6) is 0 Å². The van der Waals surface area contributed by atoms with Crippen molar-refractivity contribution in [2.45, 2.75) is 62.2 Å². The lowest BCUT2D eigenvalue weighted by atomic mass is 10.1. The third-order valence-corrected chi connectivity index (χ3v) is 7.88. The normalized spacial score (nSPS) is 21.4. The topological polar surface area (TPSA) is 60.2 Å². The van der Waals surface area contributed by atoms with Crippen molar-refractivity contribution >= 4 is 34.7 Å². The highest BCUT2D eigenvalue weighted by molar-refractivity contribution is 8.00. The van der Waals surface area contributed by atoms with Crippen molar-refractivity contribution in [1.29, 1.82) is 0 Å². The number of para-hydroxylation sites is 1. The van der Waals surface area contributed by atoms with E-state index in [1.54, 1.807) is 11.3 Å². The Balaban J connectivity index is 1.39.